The molecule has 0 saturated carbocycles. The number of fused-ring (bicyclic) bond motifs is 3. The van der Waals surface area contributed by atoms with Crippen molar-refractivity contribution in [2.75, 3.05) is 0 Å². The Morgan fingerprint density at radius 2 is 2.29 bits per heavy atom. The van der Waals surface area contributed by atoms with Gasteiger partial charge in [-0.1, -0.05) is 28.9 Å². The maximum atomic E-state index is 6.16. The third-order valence-electron chi connectivity index (χ3n) is 2.57. The van der Waals surface area contributed by atoms with Crippen LogP contribution in [0, 0.1) is 0 Å². The van der Waals surface area contributed by atoms with Crippen molar-refractivity contribution in [3.05, 3.63) is 35.0 Å². The number of hydrogen-bond donors (Lipinski definition) is 0. The van der Waals surface area contributed by atoms with Gasteiger partial charge in [-0.05, 0) is 18.1 Å². The quantitative estimate of drug-likeness (QED) is 0.660. The molecule has 0 N–H and O–H groups in total. The molecule has 3 nitrogen and oxygen atoms in total. The van der Waals surface area contributed by atoms with Crippen molar-refractivity contribution in [2.24, 2.45) is 0 Å². The lowest BCUT2D eigenvalue weighted by Gasteiger charge is -2.17. The maximum Gasteiger partial charge on any atom is 0.0903 e. The van der Waals surface area contributed by atoms with Crippen molar-refractivity contribution >= 4 is 11.6 Å². The summed E-state index contributed by atoms with van der Waals surface area (Å²) in [6.45, 7) is 0.892. The maximum absolute atomic E-state index is 6.16. The summed E-state index contributed by atoms with van der Waals surface area (Å²) >= 11 is 6.16. The van der Waals surface area contributed by atoms with Crippen molar-refractivity contribution in [2.45, 2.75) is 13.0 Å². The molecule has 1 aromatic carbocycles. The predicted molar refractivity (Wildman–Crippen MR) is 54.2 cm³/mol. The second-order valence-corrected chi connectivity index (χ2v) is 3.77. The Morgan fingerprint density at radius 1 is 1.36 bits per heavy atom. The molecule has 1 aliphatic rings. The molecule has 1 aliphatic heterocycles. The van der Waals surface area contributed by atoms with Gasteiger partial charge in [0.1, 0.15) is 0 Å². The molecule has 4 heteroatoms. The van der Waals surface area contributed by atoms with Crippen molar-refractivity contribution in [3.63, 3.8) is 0 Å². The monoisotopic (exact) mass is 205 g/mol. The Balaban J connectivity index is 2.34. The van der Waals surface area contributed by atoms with E-state index < -0.39 is 0 Å². The number of nitrogens with zero attached hydrogens (tertiary/aromatic N) is 3. The molecule has 0 saturated heterocycles. The van der Waals surface area contributed by atoms with Gasteiger partial charge in [-0.15, -0.1) is 5.10 Å². The van der Waals surface area contributed by atoms with E-state index in [-0.39, 0.29) is 0 Å². The van der Waals surface area contributed by atoms with E-state index in [1.54, 1.807) is 6.20 Å². The molecule has 0 atom stereocenters. The predicted octanol–water partition coefficient (Wildman–Crippen LogP) is 2.15. The van der Waals surface area contributed by atoms with Crippen LogP contribution in [0.3, 0.4) is 0 Å². The first-order valence-corrected chi connectivity index (χ1v) is 4.90. The summed E-state index contributed by atoms with van der Waals surface area (Å²) in [7, 11) is 0. The molecule has 2 aromatic rings. The molecule has 0 unspecified atom stereocenters. The highest BCUT2D eigenvalue weighted by Gasteiger charge is 2.18. The molecule has 1 aromatic heterocycles. The first-order chi connectivity index (χ1) is 6.86. The highest BCUT2D eigenvalue weighted by molar-refractivity contribution is 6.33. The second-order valence-electron chi connectivity index (χ2n) is 3.37. The first kappa shape index (κ1) is 8.00. The van der Waals surface area contributed by atoms with E-state index in [4.69, 9.17) is 11.6 Å². The van der Waals surface area contributed by atoms with Crippen molar-refractivity contribution in [3.8, 4) is 11.3 Å². The number of aryl methyl sites for hydroxylation is 2. The molecular formula is C10H8ClN3. The highest BCUT2D eigenvalue weighted by atomic mass is 35.5. The van der Waals surface area contributed by atoms with Crippen LogP contribution in [-0.4, -0.2) is 15.0 Å². The fourth-order valence-corrected chi connectivity index (χ4v) is 2.20. The molecule has 0 radical (unpaired) electrons. The summed E-state index contributed by atoms with van der Waals surface area (Å²) in [4.78, 5) is 0. The van der Waals surface area contributed by atoms with Crippen LogP contribution in [0.25, 0.3) is 11.3 Å². The van der Waals surface area contributed by atoms with E-state index >= 15 is 0 Å². The SMILES string of the molecule is Clc1cccc2c1-c1cnnn1CC2. The number of halogens is 1. The van der Waals surface area contributed by atoms with Crippen LogP contribution < -0.4 is 0 Å². The van der Waals surface area contributed by atoms with Crippen LogP contribution in [0.1, 0.15) is 5.56 Å². The zero-order chi connectivity index (χ0) is 9.54. The van der Waals surface area contributed by atoms with E-state index in [0.717, 1.165) is 29.2 Å². The van der Waals surface area contributed by atoms with Gasteiger partial charge in [-0.25, -0.2) is 4.68 Å². The Hall–Kier alpha value is -1.35. The minimum atomic E-state index is 0.783. The van der Waals surface area contributed by atoms with Gasteiger partial charge < -0.3 is 0 Å². The van der Waals surface area contributed by atoms with Gasteiger partial charge in [-0.3, -0.25) is 0 Å². The summed E-state index contributed by atoms with van der Waals surface area (Å²) < 4.78 is 1.90. The fraction of sp³-hybridized carbons (Fsp3) is 0.200. The number of hydrogen-bond acceptors (Lipinski definition) is 2. The fourth-order valence-electron chi connectivity index (χ4n) is 1.91. The number of rotatable bonds is 0. The van der Waals surface area contributed by atoms with Crippen molar-refractivity contribution < 1.29 is 0 Å². The minimum absolute atomic E-state index is 0.783. The van der Waals surface area contributed by atoms with Crippen molar-refractivity contribution in [1.29, 1.82) is 0 Å². The van der Waals surface area contributed by atoms with Gasteiger partial charge in [0, 0.05) is 12.1 Å². The molecule has 14 heavy (non-hydrogen) atoms. The van der Waals surface area contributed by atoms with E-state index in [0.29, 0.717) is 0 Å². The van der Waals surface area contributed by atoms with Crippen LogP contribution in [-0.2, 0) is 13.0 Å². The van der Waals surface area contributed by atoms with E-state index in [1.807, 2.05) is 16.8 Å². The van der Waals surface area contributed by atoms with Crippen LogP contribution >= 0.6 is 11.6 Å². The molecule has 2 heterocycles. The Kier molecular flexibility index (Phi) is 1.61. The standard InChI is InChI=1S/C10H8ClN3/c11-8-3-1-2-7-4-5-14-9(10(7)8)6-12-13-14/h1-3,6H,4-5H2. The molecule has 0 amide bonds. The van der Waals surface area contributed by atoms with E-state index in [9.17, 15) is 0 Å². The highest BCUT2D eigenvalue weighted by Crippen LogP contribution is 2.33. The van der Waals surface area contributed by atoms with Gasteiger partial charge in [-0.2, -0.15) is 0 Å². The van der Waals surface area contributed by atoms with Gasteiger partial charge >= 0.3 is 0 Å². The zero-order valence-electron chi connectivity index (χ0n) is 7.44. The molecule has 70 valence electrons. The summed E-state index contributed by atoms with van der Waals surface area (Å²) in [6.07, 6.45) is 2.75. The normalized spacial score (nSPS) is 13.5. The summed E-state index contributed by atoms with van der Waals surface area (Å²) in [6, 6.07) is 6.00. The summed E-state index contributed by atoms with van der Waals surface area (Å²) in [5.74, 6) is 0. The third-order valence-corrected chi connectivity index (χ3v) is 2.88. The van der Waals surface area contributed by atoms with Crippen LogP contribution in [0.2, 0.25) is 5.02 Å². The van der Waals surface area contributed by atoms with Gasteiger partial charge in [0.2, 0.25) is 0 Å². The molecule has 0 spiro atoms. The summed E-state index contributed by atoms with van der Waals surface area (Å²) in [5, 5.41) is 8.69. The average Bonchev–Trinajstić information content (AvgIpc) is 2.65. The van der Waals surface area contributed by atoms with Gasteiger partial charge in [0.15, 0.2) is 0 Å². The summed E-state index contributed by atoms with van der Waals surface area (Å²) in [5.41, 5.74) is 3.40. The minimum Gasteiger partial charge on any atom is -0.244 e. The second kappa shape index (κ2) is 2.82. The lowest BCUT2D eigenvalue weighted by Crippen LogP contribution is -2.11. The lowest BCUT2D eigenvalue weighted by atomic mass is 9.99. The van der Waals surface area contributed by atoms with Crippen LogP contribution in [0.5, 0.6) is 0 Å². The van der Waals surface area contributed by atoms with Gasteiger partial charge in [0.05, 0.1) is 16.9 Å². The molecular weight excluding hydrogens is 198 g/mol. The topological polar surface area (TPSA) is 30.7 Å². The van der Waals surface area contributed by atoms with E-state index in [2.05, 4.69) is 16.4 Å². The Morgan fingerprint density at radius 3 is 3.21 bits per heavy atom. The van der Waals surface area contributed by atoms with Crippen LogP contribution in [0.4, 0.5) is 0 Å². The van der Waals surface area contributed by atoms with E-state index in [1.165, 1.54) is 5.56 Å². The smallest absolute Gasteiger partial charge is 0.0903 e. The molecule has 0 bridgehead atoms. The van der Waals surface area contributed by atoms with Crippen molar-refractivity contribution in [1.82, 2.24) is 15.0 Å². The first-order valence-electron chi connectivity index (χ1n) is 4.52. The van der Waals surface area contributed by atoms with Gasteiger partial charge in [0.25, 0.3) is 0 Å². The zero-order valence-corrected chi connectivity index (χ0v) is 8.20. The Labute approximate surface area is 86.3 Å². The number of benzene rings is 1. The largest absolute Gasteiger partial charge is 0.244 e. The molecule has 3 rings (SSSR count). The molecule has 0 fully saturated rings. The van der Waals surface area contributed by atoms with Crippen LogP contribution in [0.15, 0.2) is 24.4 Å². The third kappa shape index (κ3) is 0.990. The molecule has 0 aliphatic carbocycles. The average molecular weight is 206 g/mol. The lowest BCUT2D eigenvalue weighted by molar-refractivity contribution is 0.583. The number of aromatic nitrogens is 3. The Bertz CT molecular complexity index is 490.